The maximum Gasteiger partial charge on any atom is 0.350 e. The molecule has 1 aromatic carbocycles. The molecule has 0 saturated heterocycles. The number of esters is 1. The fraction of sp³-hybridized carbons (Fsp3) is 0.286. The molecule has 21 heavy (non-hydrogen) atoms. The maximum absolute atomic E-state index is 11.4. The molecule has 1 rings (SSSR count). The summed E-state index contributed by atoms with van der Waals surface area (Å²) < 4.78 is 4.70. The van der Waals surface area contributed by atoms with Crippen LogP contribution in [-0.2, 0) is 9.53 Å². The normalized spacial score (nSPS) is 10.7. The summed E-state index contributed by atoms with van der Waals surface area (Å²) in [6.45, 7) is 5.34. The lowest BCUT2D eigenvalue weighted by Crippen LogP contribution is -2.08. The molecule has 110 valence electrons. The van der Waals surface area contributed by atoms with E-state index in [0.717, 1.165) is 17.3 Å². The van der Waals surface area contributed by atoms with Crippen LogP contribution in [0.1, 0.15) is 18.1 Å². The van der Waals surface area contributed by atoms with Gasteiger partial charge in [0.15, 0.2) is 5.57 Å². The zero-order chi connectivity index (χ0) is 16.0. The second-order valence-corrected chi connectivity index (χ2v) is 4.25. The third kappa shape index (κ3) is 4.04. The Morgan fingerprint density at radius 1 is 1.48 bits per heavy atom. The van der Waals surface area contributed by atoms with Crippen LogP contribution in [0, 0.1) is 35.3 Å². The predicted molar refractivity (Wildman–Crippen MR) is 76.5 cm³/mol. The summed E-state index contributed by atoms with van der Waals surface area (Å²) >= 11 is 0. The molecular formula is C14H15N3O4. The van der Waals surface area contributed by atoms with E-state index in [1.807, 2.05) is 6.92 Å². The van der Waals surface area contributed by atoms with Gasteiger partial charge in [0.1, 0.15) is 11.8 Å². The van der Waals surface area contributed by atoms with Gasteiger partial charge in [0.2, 0.25) is 0 Å². The van der Waals surface area contributed by atoms with Crippen molar-refractivity contribution in [1.82, 2.24) is 0 Å². The lowest BCUT2D eigenvalue weighted by Gasteiger charge is -2.07. The van der Waals surface area contributed by atoms with E-state index in [1.165, 1.54) is 6.07 Å². The second kappa shape index (κ2) is 7.05. The van der Waals surface area contributed by atoms with Gasteiger partial charge in [0.05, 0.1) is 11.5 Å². The van der Waals surface area contributed by atoms with Crippen LogP contribution in [0.5, 0.6) is 0 Å². The Balaban J connectivity index is 3.13. The van der Waals surface area contributed by atoms with E-state index in [-0.39, 0.29) is 23.6 Å². The number of anilines is 1. The molecule has 0 aliphatic carbocycles. The van der Waals surface area contributed by atoms with Gasteiger partial charge in [-0.15, -0.1) is 0 Å². The number of hydrogen-bond donors (Lipinski definition) is 1. The molecule has 0 radical (unpaired) electrons. The molecular weight excluding hydrogens is 274 g/mol. The number of ether oxygens (including phenoxy) is 1. The smallest absolute Gasteiger partial charge is 0.350 e. The van der Waals surface area contributed by atoms with Crippen molar-refractivity contribution in [2.45, 2.75) is 20.8 Å². The molecule has 0 atom stereocenters. The molecule has 1 aromatic rings. The first kappa shape index (κ1) is 16.2. The molecule has 0 aliphatic rings. The van der Waals surface area contributed by atoms with Crippen LogP contribution in [-0.4, -0.2) is 17.5 Å². The highest BCUT2D eigenvalue weighted by atomic mass is 16.6. The summed E-state index contributed by atoms with van der Waals surface area (Å²) in [4.78, 5) is 21.9. The van der Waals surface area contributed by atoms with E-state index in [2.05, 4.69) is 5.32 Å². The Hall–Kier alpha value is -2.88. The largest absolute Gasteiger partial charge is 0.462 e. The summed E-state index contributed by atoms with van der Waals surface area (Å²) in [6, 6.07) is 4.71. The zero-order valence-corrected chi connectivity index (χ0v) is 12.0. The first-order chi connectivity index (χ1) is 9.90. The zero-order valence-electron chi connectivity index (χ0n) is 12.0. The number of nitriles is 1. The molecule has 0 bridgehead atoms. The third-order valence-corrected chi connectivity index (χ3v) is 2.80. The molecule has 7 heteroatoms. The van der Waals surface area contributed by atoms with Crippen molar-refractivity contribution in [2.24, 2.45) is 0 Å². The summed E-state index contributed by atoms with van der Waals surface area (Å²) in [5.74, 6) is -0.779. The Labute approximate surface area is 122 Å². The molecule has 7 nitrogen and oxygen atoms in total. The van der Waals surface area contributed by atoms with Gasteiger partial charge in [-0.3, -0.25) is 10.1 Å². The number of nitro benzene ring substituents is 1. The van der Waals surface area contributed by atoms with E-state index < -0.39 is 10.9 Å². The standard InChI is InChI=1S/C14H15N3O4/c1-4-21-14(18)11(7-15)8-16-12-5-9(2)10(3)6-13(12)17(19)20/h5-6,8,16H,4H2,1-3H3/b11-8+. The monoisotopic (exact) mass is 289 g/mol. The minimum atomic E-state index is -0.779. The van der Waals surface area contributed by atoms with Crippen LogP contribution >= 0.6 is 0 Å². The number of nitrogens with one attached hydrogen (secondary N) is 1. The Morgan fingerprint density at radius 2 is 2.10 bits per heavy atom. The predicted octanol–water partition coefficient (Wildman–Crippen LogP) is 2.59. The number of carbonyl (C=O) groups excluding carboxylic acids is 1. The topological polar surface area (TPSA) is 105 Å². The summed E-state index contributed by atoms with van der Waals surface area (Å²) in [6.07, 6.45) is 1.11. The van der Waals surface area contributed by atoms with Crippen molar-refractivity contribution in [2.75, 3.05) is 11.9 Å². The minimum Gasteiger partial charge on any atom is -0.462 e. The van der Waals surface area contributed by atoms with E-state index in [0.29, 0.717) is 0 Å². The highest BCUT2D eigenvalue weighted by molar-refractivity contribution is 5.93. The fourth-order valence-corrected chi connectivity index (χ4v) is 1.56. The van der Waals surface area contributed by atoms with Gasteiger partial charge >= 0.3 is 5.97 Å². The van der Waals surface area contributed by atoms with Crippen molar-refractivity contribution in [3.05, 3.63) is 45.1 Å². The van der Waals surface area contributed by atoms with Gasteiger partial charge < -0.3 is 10.1 Å². The van der Waals surface area contributed by atoms with Crippen molar-refractivity contribution in [3.8, 4) is 6.07 Å². The highest BCUT2D eigenvalue weighted by Crippen LogP contribution is 2.28. The summed E-state index contributed by atoms with van der Waals surface area (Å²) in [5.41, 5.74) is 1.45. The number of benzene rings is 1. The van der Waals surface area contributed by atoms with Crippen LogP contribution in [0.25, 0.3) is 0 Å². The lowest BCUT2D eigenvalue weighted by atomic mass is 10.1. The van der Waals surface area contributed by atoms with Gasteiger partial charge in [-0.25, -0.2) is 4.79 Å². The van der Waals surface area contributed by atoms with E-state index in [4.69, 9.17) is 10.00 Å². The quantitative estimate of drug-likeness (QED) is 0.293. The van der Waals surface area contributed by atoms with Crippen molar-refractivity contribution in [1.29, 1.82) is 5.26 Å². The van der Waals surface area contributed by atoms with Crippen LogP contribution in [0.4, 0.5) is 11.4 Å². The molecule has 0 heterocycles. The number of nitrogens with zero attached hydrogens (tertiary/aromatic N) is 2. The molecule has 0 aliphatic heterocycles. The van der Waals surface area contributed by atoms with Crippen LogP contribution in [0.2, 0.25) is 0 Å². The summed E-state index contributed by atoms with van der Waals surface area (Å²) in [7, 11) is 0. The Bertz CT molecular complexity index is 644. The van der Waals surface area contributed by atoms with Gasteiger partial charge in [-0.05, 0) is 38.0 Å². The number of aryl methyl sites for hydroxylation is 2. The molecule has 0 fully saturated rings. The van der Waals surface area contributed by atoms with Gasteiger partial charge in [-0.1, -0.05) is 0 Å². The second-order valence-electron chi connectivity index (χ2n) is 4.25. The van der Waals surface area contributed by atoms with Gasteiger partial charge in [-0.2, -0.15) is 5.26 Å². The third-order valence-electron chi connectivity index (χ3n) is 2.80. The molecule has 0 unspecified atom stereocenters. The molecule has 0 saturated carbocycles. The maximum atomic E-state index is 11.4. The highest BCUT2D eigenvalue weighted by Gasteiger charge is 2.16. The van der Waals surface area contributed by atoms with Gasteiger partial charge in [0, 0.05) is 12.3 Å². The van der Waals surface area contributed by atoms with E-state index in [9.17, 15) is 14.9 Å². The molecule has 0 aromatic heterocycles. The van der Waals surface area contributed by atoms with Gasteiger partial charge in [0.25, 0.3) is 5.69 Å². The number of carbonyl (C=O) groups is 1. The average molecular weight is 289 g/mol. The van der Waals surface area contributed by atoms with Crippen molar-refractivity contribution >= 4 is 17.3 Å². The van der Waals surface area contributed by atoms with Crippen LogP contribution in [0.15, 0.2) is 23.9 Å². The first-order valence-electron chi connectivity index (χ1n) is 6.20. The lowest BCUT2D eigenvalue weighted by molar-refractivity contribution is -0.384. The Kier molecular flexibility index (Phi) is 5.43. The van der Waals surface area contributed by atoms with Crippen LogP contribution < -0.4 is 5.32 Å². The minimum absolute atomic E-state index is 0.129. The number of rotatable bonds is 5. The van der Waals surface area contributed by atoms with E-state index in [1.54, 1.807) is 26.0 Å². The molecule has 0 amide bonds. The van der Waals surface area contributed by atoms with Crippen molar-refractivity contribution < 1.29 is 14.5 Å². The van der Waals surface area contributed by atoms with Crippen LogP contribution in [0.3, 0.4) is 0 Å². The fourth-order valence-electron chi connectivity index (χ4n) is 1.56. The number of hydrogen-bond acceptors (Lipinski definition) is 6. The van der Waals surface area contributed by atoms with E-state index >= 15 is 0 Å². The first-order valence-corrected chi connectivity index (χ1v) is 6.20. The van der Waals surface area contributed by atoms with Crippen molar-refractivity contribution in [3.63, 3.8) is 0 Å². The Morgan fingerprint density at radius 3 is 2.62 bits per heavy atom. The molecule has 1 N–H and O–H groups in total. The number of nitro groups is 1. The molecule has 0 spiro atoms. The summed E-state index contributed by atoms with van der Waals surface area (Å²) in [5, 5.41) is 22.5. The average Bonchev–Trinajstić information content (AvgIpc) is 2.43. The SMILES string of the molecule is CCOC(=O)/C(C#N)=C/Nc1cc(C)c(C)cc1[N+](=O)[O-].